The van der Waals surface area contributed by atoms with Gasteiger partial charge in [0, 0.05) is 6.54 Å². The van der Waals surface area contributed by atoms with Gasteiger partial charge in [0.15, 0.2) is 0 Å². The van der Waals surface area contributed by atoms with Crippen molar-refractivity contribution in [3.8, 4) is 10.9 Å². The van der Waals surface area contributed by atoms with Crippen LogP contribution in [0.25, 0.3) is 10.2 Å². The first kappa shape index (κ1) is 19.8. The highest BCUT2D eigenvalue weighted by atomic mass is 32.1. The van der Waals surface area contributed by atoms with E-state index in [-0.39, 0.29) is 0 Å². The minimum Gasteiger partial charge on any atom is -0.431 e. The molecule has 0 aliphatic heterocycles. The highest BCUT2D eigenvalue weighted by Crippen LogP contribution is 2.31. The monoisotopic (exact) mass is 382 g/mol. The van der Waals surface area contributed by atoms with Gasteiger partial charge in [0.05, 0.1) is 10.2 Å². The van der Waals surface area contributed by atoms with Crippen molar-refractivity contribution in [1.29, 1.82) is 0 Å². The highest BCUT2D eigenvalue weighted by Gasteiger charge is 2.07. The number of thiazole rings is 1. The molecule has 0 unspecified atom stereocenters. The van der Waals surface area contributed by atoms with Crippen LogP contribution in [0.1, 0.15) is 45.1 Å². The van der Waals surface area contributed by atoms with Crippen molar-refractivity contribution < 1.29 is 4.74 Å². The summed E-state index contributed by atoms with van der Waals surface area (Å²) < 4.78 is 7.10. The van der Waals surface area contributed by atoms with Crippen molar-refractivity contribution in [3.63, 3.8) is 0 Å². The van der Waals surface area contributed by atoms with Gasteiger partial charge in [-0.25, -0.2) is 4.98 Å². The number of nitrogens with zero attached hydrogens (tertiary/aromatic N) is 2. The summed E-state index contributed by atoms with van der Waals surface area (Å²) in [6.45, 7) is 8.10. The summed E-state index contributed by atoms with van der Waals surface area (Å²) in [5.41, 5.74) is 2.36. The summed E-state index contributed by atoms with van der Waals surface area (Å²) in [5.74, 6) is 0.853. The molecule has 0 radical (unpaired) electrons. The number of unbranched alkanes of at least 4 members (excludes halogenated alkanes) is 2. The van der Waals surface area contributed by atoms with Crippen molar-refractivity contribution in [2.75, 3.05) is 19.6 Å². The molecule has 3 nitrogen and oxygen atoms in total. The number of para-hydroxylation sites is 1. The van der Waals surface area contributed by atoms with Crippen LogP contribution >= 0.6 is 11.3 Å². The van der Waals surface area contributed by atoms with E-state index >= 15 is 0 Å². The van der Waals surface area contributed by atoms with Crippen molar-refractivity contribution in [2.45, 2.75) is 46.0 Å². The lowest BCUT2D eigenvalue weighted by molar-refractivity contribution is 0.268. The number of aromatic nitrogens is 1. The Morgan fingerprint density at radius 3 is 2.26 bits per heavy atom. The summed E-state index contributed by atoms with van der Waals surface area (Å²) in [6, 6.07) is 16.6. The highest BCUT2D eigenvalue weighted by molar-refractivity contribution is 7.20. The smallest absolute Gasteiger partial charge is 0.279 e. The standard InChI is InChI=1S/C23H30N2OS/c1-3-5-16-25(17-6-4-2)18-15-19-11-13-20(14-12-19)26-23-24-21-9-7-8-10-22(21)27-23/h7-14H,3-6,15-18H2,1-2H3. The van der Waals surface area contributed by atoms with Crippen molar-refractivity contribution in [3.05, 3.63) is 54.1 Å². The molecule has 1 aromatic heterocycles. The molecule has 4 heteroatoms. The van der Waals surface area contributed by atoms with Gasteiger partial charge < -0.3 is 9.64 Å². The normalized spacial score (nSPS) is 11.4. The van der Waals surface area contributed by atoms with E-state index in [1.165, 1.54) is 44.3 Å². The van der Waals surface area contributed by atoms with E-state index in [2.05, 4.69) is 54.1 Å². The summed E-state index contributed by atoms with van der Waals surface area (Å²) in [5, 5.41) is 0.703. The maximum atomic E-state index is 5.95. The maximum absolute atomic E-state index is 5.95. The Balaban J connectivity index is 1.54. The third kappa shape index (κ3) is 6.05. The van der Waals surface area contributed by atoms with Crippen LogP contribution < -0.4 is 4.74 Å². The fourth-order valence-electron chi connectivity index (χ4n) is 3.11. The summed E-state index contributed by atoms with van der Waals surface area (Å²) in [4.78, 5) is 7.15. The maximum Gasteiger partial charge on any atom is 0.279 e. The first-order valence-corrected chi connectivity index (χ1v) is 10.9. The van der Waals surface area contributed by atoms with E-state index in [9.17, 15) is 0 Å². The van der Waals surface area contributed by atoms with Crippen LogP contribution in [0.5, 0.6) is 10.9 Å². The molecule has 27 heavy (non-hydrogen) atoms. The molecule has 0 aliphatic carbocycles. The topological polar surface area (TPSA) is 25.4 Å². The Labute approximate surface area is 167 Å². The average molecular weight is 383 g/mol. The molecule has 144 valence electrons. The Bertz CT molecular complexity index is 772. The quantitative estimate of drug-likeness (QED) is 0.377. The zero-order valence-corrected chi connectivity index (χ0v) is 17.3. The van der Waals surface area contributed by atoms with Gasteiger partial charge >= 0.3 is 0 Å². The second-order valence-electron chi connectivity index (χ2n) is 6.99. The molecule has 0 fully saturated rings. The fraction of sp³-hybridized carbons (Fsp3) is 0.435. The number of rotatable bonds is 11. The Morgan fingerprint density at radius 2 is 1.59 bits per heavy atom. The van der Waals surface area contributed by atoms with Crippen LogP contribution in [0.4, 0.5) is 0 Å². The molecule has 0 spiro atoms. The van der Waals surface area contributed by atoms with Crippen LogP contribution in [0.3, 0.4) is 0 Å². The molecule has 1 heterocycles. The third-order valence-electron chi connectivity index (χ3n) is 4.78. The minimum atomic E-state index is 0.703. The largest absolute Gasteiger partial charge is 0.431 e. The van der Waals surface area contributed by atoms with Crippen LogP contribution in [-0.2, 0) is 6.42 Å². The average Bonchev–Trinajstić information content (AvgIpc) is 3.11. The van der Waals surface area contributed by atoms with E-state index in [1.807, 2.05) is 18.2 Å². The molecule has 2 aromatic carbocycles. The van der Waals surface area contributed by atoms with Crippen LogP contribution in [0, 0.1) is 0 Å². The van der Waals surface area contributed by atoms with Crippen LogP contribution in [-0.4, -0.2) is 29.5 Å². The van der Waals surface area contributed by atoms with Crippen molar-refractivity contribution in [2.24, 2.45) is 0 Å². The zero-order valence-electron chi connectivity index (χ0n) is 16.5. The van der Waals surface area contributed by atoms with Gasteiger partial charge in [-0.15, -0.1) is 0 Å². The van der Waals surface area contributed by atoms with Gasteiger partial charge in [0.25, 0.3) is 5.19 Å². The van der Waals surface area contributed by atoms with E-state index in [0.717, 1.165) is 28.9 Å². The second-order valence-corrected chi connectivity index (χ2v) is 7.99. The molecule has 0 saturated carbocycles. The minimum absolute atomic E-state index is 0.703. The van der Waals surface area contributed by atoms with Gasteiger partial charge in [-0.05, 0) is 62.2 Å². The molecule has 3 rings (SSSR count). The number of hydrogen-bond acceptors (Lipinski definition) is 4. The molecule has 0 N–H and O–H groups in total. The van der Waals surface area contributed by atoms with Gasteiger partial charge in [-0.1, -0.05) is 62.3 Å². The second kappa shape index (κ2) is 10.4. The summed E-state index contributed by atoms with van der Waals surface area (Å²) in [7, 11) is 0. The first-order chi connectivity index (χ1) is 13.3. The molecule has 0 atom stereocenters. The molecular formula is C23H30N2OS. The lowest BCUT2D eigenvalue weighted by Gasteiger charge is -2.22. The van der Waals surface area contributed by atoms with Gasteiger partial charge in [-0.3, -0.25) is 0 Å². The Hall–Kier alpha value is -1.91. The zero-order chi connectivity index (χ0) is 18.9. The van der Waals surface area contributed by atoms with Crippen LogP contribution in [0.2, 0.25) is 0 Å². The van der Waals surface area contributed by atoms with Crippen molar-refractivity contribution >= 4 is 21.6 Å². The molecular weight excluding hydrogens is 352 g/mol. The fourth-order valence-corrected chi connectivity index (χ4v) is 3.94. The summed E-state index contributed by atoms with van der Waals surface area (Å²) >= 11 is 1.59. The predicted molar refractivity (Wildman–Crippen MR) is 116 cm³/mol. The number of fused-ring (bicyclic) bond motifs is 1. The van der Waals surface area contributed by atoms with E-state index in [0.29, 0.717) is 5.19 Å². The van der Waals surface area contributed by atoms with Crippen LogP contribution in [0.15, 0.2) is 48.5 Å². The SMILES string of the molecule is CCCCN(CCCC)CCc1ccc(Oc2nc3ccccc3s2)cc1. The number of hydrogen-bond donors (Lipinski definition) is 0. The Kier molecular flexibility index (Phi) is 7.66. The van der Waals surface area contributed by atoms with Crippen molar-refractivity contribution in [1.82, 2.24) is 9.88 Å². The molecule has 3 aromatic rings. The Morgan fingerprint density at radius 1 is 0.889 bits per heavy atom. The first-order valence-electron chi connectivity index (χ1n) is 10.1. The third-order valence-corrected chi connectivity index (χ3v) is 5.69. The van der Waals surface area contributed by atoms with Gasteiger partial charge in [-0.2, -0.15) is 0 Å². The van der Waals surface area contributed by atoms with E-state index < -0.39 is 0 Å². The lowest BCUT2D eigenvalue weighted by atomic mass is 10.1. The molecule has 0 aliphatic rings. The van der Waals surface area contributed by atoms with Gasteiger partial charge in [0.2, 0.25) is 0 Å². The summed E-state index contributed by atoms with van der Waals surface area (Å²) in [6.07, 6.45) is 6.20. The number of ether oxygens (including phenoxy) is 1. The van der Waals surface area contributed by atoms with E-state index in [4.69, 9.17) is 4.74 Å². The molecule has 0 saturated heterocycles. The predicted octanol–water partition coefficient (Wildman–Crippen LogP) is 6.53. The lowest BCUT2D eigenvalue weighted by Crippen LogP contribution is -2.28. The molecule has 0 bridgehead atoms. The number of benzene rings is 2. The van der Waals surface area contributed by atoms with Gasteiger partial charge in [0.1, 0.15) is 5.75 Å². The molecule has 0 amide bonds. The van der Waals surface area contributed by atoms with E-state index in [1.54, 1.807) is 11.3 Å².